The highest BCUT2D eigenvalue weighted by atomic mass is 32.2. The van der Waals surface area contributed by atoms with E-state index in [1.807, 2.05) is 54.8 Å². The summed E-state index contributed by atoms with van der Waals surface area (Å²) >= 11 is 2.63. The number of rotatable bonds is 5. The molecule has 2 heterocycles. The Morgan fingerprint density at radius 1 is 1.10 bits per heavy atom. The van der Waals surface area contributed by atoms with Crippen LogP contribution < -0.4 is 10.9 Å². The second-order valence-electron chi connectivity index (χ2n) is 6.43. The first-order chi connectivity index (χ1) is 14.0. The molecule has 2 aromatic heterocycles. The van der Waals surface area contributed by atoms with Crippen LogP contribution in [0.1, 0.15) is 12.6 Å². The van der Waals surface area contributed by atoms with Gasteiger partial charge in [0.05, 0.1) is 27.5 Å². The summed E-state index contributed by atoms with van der Waals surface area (Å²) in [7, 11) is 0. The van der Waals surface area contributed by atoms with Gasteiger partial charge in [0, 0.05) is 5.38 Å². The standard InChI is InChI=1S/C21H18N4O2S2/c1-13-12-28-20(22-13)24-18(26)14(2)29-21-23-17-11-7-6-10-16(17)19(27)25(21)15-8-4-3-5-9-15/h3-12,14H,1-2H3,(H,22,24,26). The van der Waals surface area contributed by atoms with Crippen LogP contribution in [0.15, 0.2) is 69.9 Å². The van der Waals surface area contributed by atoms with Crippen LogP contribution in [-0.2, 0) is 4.79 Å². The van der Waals surface area contributed by atoms with Crippen molar-refractivity contribution < 1.29 is 4.79 Å². The Kier molecular flexibility index (Phi) is 5.46. The van der Waals surface area contributed by atoms with Gasteiger partial charge in [-0.25, -0.2) is 9.97 Å². The molecule has 0 saturated heterocycles. The van der Waals surface area contributed by atoms with Crippen LogP contribution in [0, 0.1) is 6.92 Å². The monoisotopic (exact) mass is 422 g/mol. The number of fused-ring (bicyclic) bond motifs is 1. The highest BCUT2D eigenvalue weighted by Crippen LogP contribution is 2.26. The van der Waals surface area contributed by atoms with Gasteiger partial charge in [0.15, 0.2) is 10.3 Å². The molecule has 1 unspecified atom stereocenters. The molecule has 1 N–H and O–H groups in total. The number of aromatic nitrogens is 3. The third kappa shape index (κ3) is 4.08. The quantitative estimate of drug-likeness (QED) is 0.384. The number of nitrogens with zero attached hydrogens (tertiary/aromatic N) is 3. The lowest BCUT2D eigenvalue weighted by Crippen LogP contribution is -2.26. The van der Waals surface area contributed by atoms with Crippen molar-refractivity contribution in [3.63, 3.8) is 0 Å². The lowest BCUT2D eigenvalue weighted by Gasteiger charge is -2.16. The van der Waals surface area contributed by atoms with Gasteiger partial charge in [0.2, 0.25) is 5.91 Å². The fraction of sp³-hybridized carbons (Fsp3) is 0.143. The third-order valence-electron chi connectivity index (χ3n) is 4.26. The number of aryl methyl sites for hydroxylation is 1. The second-order valence-corrected chi connectivity index (χ2v) is 8.60. The third-order valence-corrected chi connectivity index (χ3v) is 6.19. The van der Waals surface area contributed by atoms with Crippen LogP contribution in [0.4, 0.5) is 5.13 Å². The van der Waals surface area contributed by atoms with Crippen LogP contribution in [-0.4, -0.2) is 25.7 Å². The molecule has 4 rings (SSSR count). The molecular formula is C21H18N4O2S2. The number of hydrogen-bond acceptors (Lipinski definition) is 6. The van der Waals surface area contributed by atoms with Gasteiger partial charge in [0.25, 0.3) is 5.56 Å². The van der Waals surface area contributed by atoms with E-state index in [1.54, 1.807) is 23.6 Å². The number of thioether (sulfide) groups is 1. The second kappa shape index (κ2) is 8.18. The Morgan fingerprint density at radius 2 is 1.83 bits per heavy atom. The first-order valence-corrected chi connectivity index (χ1v) is 10.8. The van der Waals surface area contributed by atoms with E-state index in [0.717, 1.165) is 5.69 Å². The first kappa shape index (κ1) is 19.4. The Balaban J connectivity index is 1.72. The summed E-state index contributed by atoms with van der Waals surface area (Å²) in [5.74, 6) is -0.189. The lowest BCUT2D eigenvalue weighted by molar-refractivity contribution is -0.115. The summed E-state index contributed by atoms with van der Waals surface area (Å²) in [5, 5.41) is 5.81. The zero-order valence-corrected chi connectivity index (χ0v) is 17.5. The first-order valence-electron chi connectivity index (χ1n) is 9.00. The normalized spacial score (nSPS) is 12.1. The molecule has 0 spiro atoms. The lowest BCUT2D eigenvalue weighted by atomic mass is 10.2. The SMILES string of the molecule is Cc1csc(NC(=O)C(C)Sc2nc3ccccc3c(=O)n2-c2ccccc2)n1. The molecule has 1 amide bonds. The van der Waals surface area contributed by atoms with Gasteiger partial charge >= 0.3 is 0 Å². The molecular weight excluding hydrogens is 404 g/mol. The molecule has 0 saturated carbocycles. The van der Waals surface area contributed by atoms with Crippen molar-refractivity contribution in [2.75, 3.05) is 5.32 Å². The van der Waals surface area contributed by atoms with Gasteiger partial charge in [-0.05, 0) is 38.1 Å². The molecule has 4 aromatic rings. The fourth-order valence-electron chi connectivity index (χ4n) is 2.83. The fourth-order valence-corrected chi connectivity index (χ4v) is 4.44. The van der Waals surface area contributed by atoms with Crippen LogP contribution in [0.5, 0.6) is 0 Å². The number of carbonyl (C=O) groups excluding carboxylic acids is 1. The molecule has 0 radical (unpaired) electrons. The van der Waals surface area contributed by atoms with Crippen molar-refractivity contribution in [1.82, 2.24) is 14.5 Å². The van der Waals surface area contributed by atoms with Gasteiger partial charge in [-0.1, -0.05) is 42.1 Å². The molecule has 0 aliphatic carbocycles. The van der Waals surface area contributed by atoms with Crippen molar-refractivity contribution in [3.05, 3.63) is 76.0 Å². The Labute approximate surface area is 175 Å². The number of hydrogen-bond donors (Lipinski definition) is 1. The van der Waals surface area contributed by atoms with Gasteiger partial charge in [-0.15, -0.1) is 11.3 Å². The largest absolute Gasteiger partial charge is 0.301 e. The summed E-state index contributed by atoms with van der Waals surface area (Å²) in [6.45, 7) is 3.67. The molecule has 0 aliphatic heterocycles. The van der Waals surface area contributed by atoms with Crippen LogP contribution in [0.3, 0.4) is 0 Å². The molecule has 8 heteroatoms. The smallest absolute Gasteiger partial charge is 0.266 e. The number of benzene rings is 2. The average molecular weight is 423 g/mol. The van der Waals surface area contributed by atoms with Crippen molar-refractivity contribution in [2.45, 2.75) is 24.3 Å². The molecule has 0 aliphatic rings. The average Bonchev–Trinajstić information content (AvgIpc) is 3.13. The van der Waals surface area contributed by atoms with E-state index >= 15 is 0 Å². The summed E-state index contributed by atoms with van der Waals surface area (Å²) in [4.78, 5) is 34.8. The van der Waals surface area contributed by atoms with Crippen LogP contribution in [0.2, 0.25) is 0 Å². The van der Waals surface area contributed by atoms with Gasteiger partial charge < -0.3 is 5.32 Å². The minimum Gasteiger partial charge on any atom is -0.301 e. The zero-order chi connectivity index (χ0) is 20.4. The number of nitrogens with one attached hydrogen (secondary N) is 1. The molecule has 2 aromatic carbocycles. The van der Waals surface area contributed by atoms with E-state index < -0.39 is 5.25 Å². The number of anilines is 1. The van der Waals surface area contributed by atoms with E-state index in [9.17, 15) is 9.59 Å². The number of para-hydroxylation sites is 2. The highest BCUT2D eigenvalue weighted by Gasteiger charge is 2.21. The molecule has 1 atom stereocenters. The van der Waals surface area contributed by atoms with Crippen molar-refractivity contribution in [1.29, 1.82) is 0 Å². The van der Waals surface area contributed by atoms with Gasteiger partial charge in [-0.2, -0.15) is 0 Å². The zero-order valence-electron chi connectivity index (χ0n) is 15.8. The Morgan fingerprint density at radius 3 is 2.55 bits per heavy atom. The summed E-state index contributed by atoms with van der Waals surface area (Å²) in [5.41, 5.74) is 2.02. The Bertz CT molecular complexity index is 1230. The van der Waals surface area contributed by atoms with E-state index in [2.05, 4.69) is 15.3 Å². The summed E-state index contributed by atoms with van der Waals surface area (Å²) < 4.78 is 1.56. The molecule has 29 heavy (non-hydrogen) atoms. The minimum absolute atomic E-state index is 0.160. The molecule has 6 nitrogen and oxygen atoms in total. The topological polar surface area (TPSA) is 76.9 Å². The number of amides is 1. The van der Waals surface area contributed by atoms with Crippen molar-refractivity contribution in [3.8, 4) is 5.69 Å². The predicted octanol–water partition coefficient (Wildman–Crippen LogP) is 4.27. The minimum atomic E-state index is -0.470. The van der Waals surface area contributed by atoms with E-state index in [4.69, 9.17) is 0 Å². The van der Waals surface area contributed by atoms with Crippen LogP contribution in [0.25, 0.3) is 16.6 Å². The molecule has 0 fully saturated rings. The maximum atomic E-state index is 13.2. The number of carbonyl (C=O) groups is 1. The van der Waals surface area contributed by atoms with E-state index in [1.165, 1.54) is 23.1 Å². The van der Waals surface area contributed by atoms with E-state index in [-0.39, 0.29) is 11.5 Å². The van der Waals surface area contributed by atoms with Gasteiger partial charge in [0.1, 0.15) is 0 Å². The van der Waals surface area contributed by atoms with Crippen molar-refractivity contribution in [2.24, 2.45) is 0 Å². The Hall–Kier alpha value is -2.97. The van der Waals surface area contributed by atoms with Crippen LogP contribution >= 0.6 is 23.1 Å². The predicted molar refractivity (Wildman–Crippen MR) is 118 cm³/mol. The number of thiazole rings is 1. The molecule has 146 valence electrons. The maximum absolute atomic E-state index is 13.2. The highest BCUT2D eigenvalue weighted by molar-refractivity contribution is 8.00. The van der Waals surface area contributed by atoms with E-state index in [0.29, 0.717) is 26.9 Å². The van der Waals surface area contributed by atoms with Gasteiger partial charge in [-0.3, -0.25) is 14.2 Å². The summed E-state index contributed by atoms with van der Waals surface area (Å²) in [6, 6.07) is 16.6. The van der Waals surface area contributed by atoms with Crippen molar-refractivity contribution >= 4 is 45.0 Å². The molecule has 0 bridgehead atoms. The summed E-state index contributed by atoms with van der Waals surface area (Å²) in [6.07, 6.45) is 0. The maximum Gasteiger partial charge on any atom is 0.266 e.